The van der Waals surface area contributed by atoms with E-state index in [-0.39, 0.29) is 0 Å². The van der Waals surface area contributed by atoms with Gasteiger partial charge in [0, 0.05) is 0 Å². The van der Waals surface area contributed by atoms with E-state index in [4.69, 9.17) is 8.94 Å². The number of rotatable bonds is 4. The van der Waals surface area contributed by atoms with Gasteiger partial charge in [0.2, 0.25) is 11.7 Å². The lowest BCUT2D eigenvalue weighted by molar-refractivity contribution is 0.390. The molecule has 21 heavy (non-hydrogen) atoms. The molecule has 0 saturated carbocycles. The molecular weight excluding hydrogens is 306 g/mol. The van der Waals surface area contributed by atoms with E-state index in [9.17, 15) is 0 Å². The van der Waals surface area contributed by atoms with Crippen LogP contribution in [0.4, 0.5) is 0 Å². The minimum atomic E-state index is 0.472. The lowest BCUT2D eigenvalue weighted by Crippen LogP contribution is -1.81. The van der Waals surface area contributed by atoms with Crippen molar-refractivity contribution in [3.63, 3.8) is 0 Å². The summed E-state index contributed by atoms with van der Waals surface area (Å²) in [7, 11) is 0. The van der Waals surface area contributed by atoms with Crippen LogP contribution in [0, 0.1) is 0 Å². The Kier molecular flexibility index (Phi) is 3.21. The van der Waals surface area contributed by atoms with Gasteiger partial charge in [0.05, 0.1) is 22.2 Å². The molecule has 0 amide bonds. The molecule has 7 heteroatoms. The molecule has 0 atom stereocenters. The molecule has 0 radical (unpaired) electrons. The number of fused-ring (bicyclic) bond motifs is 1. The van der Waals surface area contributed by atoms with Gasteiger partial charge in [0.25, 0.3) is 0 Å². The number of thioether (sulfide) groups is 1. The lowest BCUT2D eigenvalue weighted by atomic mass is 10.3. The summed E-state index contributed by atoms with van der Waals surface area (Å²) >= 11 is 3.25. The molecule has 1 aromatic carbocycles. The van der Waals surface area contributed by atoms with Crippen LogP contribution in [0.1, 0.15) is 5.89 Å². The normalized spacial score (nSPS) is 11.2. The number of thiazole rings is 1. The van der Waals surface area contributed by atoms with E-state index < -0.39 is 0 Å². The van der Waals surface area contributed by atoms with Crippen molar-refractivity contribution in [1.29, 1.82) is 0 Å². The van der Waals surface area contributed by atoms with Crippen LogP contribution in [-0.4, -0.2) is 15.1 Å². The van der Waals surface area contributed by atoms with Crippen LogP contribution in [0.25, 0.3) is 21.8 Å². The molecule has 5 nitrogen and oxygen atoms in total. The molecule has 0 N–H and O–H groups in total. The zero-order valence-corrected chi connectivity index (χ0v) is 12.4. The van der Waals surface area contributed by atoms with Crippen LogP contribution >= 0.6 is 23.1 Å². The zero-order valence-electron chi connectivity index (χ0n) is 10.7. The highest BCUT2D eigenvalue weighted by Gasteiger charge is 2.12. The first-order valence-electron chi connectivity index (χ1n) is 6.23. The Morgan fingerprint density at radius 2 is 2.05 bits per heavy atom. The fourth-order valence-corrected chi connectivity index (χ4v) is 3.76. The third kappa shape index (κ3) is 2.57. The largest absolute Gasteiger partial charge is 0.461 e. The average Bonchev–Trinajstić information content (AvgIpc) is 3.23. The van der Waals surface area contributed by atoms with E-state index >= 15 is 0 Å². The van der Waals surface area contributed by atoms with E-state index in [0.29, 0.717) is 23.2 Å². The standard InChI is InChI=1S/C14H9N3O2S2/c1-2-6-11-9(4-1)15-14(21-11)20-8-12-16-13(17-19-12)10-5-3-7-18-10/h1-7H,8H2. The first-order chi connectivity index (χ1) is 10.4. The van der Waals surface area contributed by atoms with Gasteiger partial charge in [-0.3, -0.25) is 0 Å². The molecule has 0 bridgehead atoms. The molecule has 4 rings (SSSR count). The molecular formula is C14H9N3O2S2. The predicted molar refractivity (Wildman–Crippen MR) is 81.2 cm³/mol. The van der Waals surface area contributed by atoms with Gasteiger partial charge in [-0.1, -0.05) is 29.1 Å². The Morgan fingerprint density at radius 1 is 1.10 bits per heavy atom. The minimum Gasteiger partial charge on any atom is -0.461 e. The predicted octanol–water partition coefficient (Wildman–Crippen LogP) is 4.23. The first-order valence-corrected chi connectivity index (χ1v) is 8.03. The van der Waals surface area contributed by atoms with Crippen molar-refractivity contribution in [3.8, 4) is 11.6 Å². The van der Waals surface area contributed by atoms with Crippen LogP contribution in [0.15, 0.2) is 55.9 Å². The van der Waals surface area contributed by atoms with Crippen molar-refractivity contribution in [3.05, 3.63) is 48.6 Å². The van der Waals surface area contributed by atoms with Gasteiger partial charge in [0.1, 0.15) is 0 Å². The molecule has 0 aliphatic rings. The molecule has 3 heterocycles. The number of hydrogen-bond donors (Lipinski definition) is 0. The van der Waals surface area contributed by atoms with Crippen LogP contribution in [0.3, 0.4) is 0 Å². The maximum atomic E-state index is 5.23. The highest BCUT2D eigenvalue weighted by Crippen LogP contribution is 2.31. The van der Waals surface area contributed by atoms with Crippen LogP contribution in [0.5, 0.6) is 0 Å². The highest BCUT2D eigenvalue weighted by atomic mass is 32.2. The van der Waals surface area contributed by atoms with Gasteiger partial charge >= 0.3 is 0 Å². The van der Waals surface area contributed by atoms with Gasteiger partial charge in [0.15, 0.2) is 10.1 Å². The minimum absolute atomic E-state index is 0.472. The first kappa shape index (κ1) is 12.6. The van der Waals surface area contributed by atoms with Crippen LogP contribution < -0.4 is 0 Å². The van der Waals surface area contributed by atoms with Crippen molar-refractivity contribution in [2.75, 3.05) is 0 Å². The van der Waals surface area contributed by atoms with Gasteiger partial charge < -0.3 is 8.94 Å². The Labute approximate surface area is 128 Å². The summed E-state index contributed by atoms with van der Waals surface area (Å²) in [4.78, 5) is 8.86. The summed E-state index contributed by atoms with van der Waals surface area (Å²) in [6.07, 6.45) is 1.58. The highest BCUT2D eigenvalue weighted by molar-refractivity contribution is 8.00. The zero-order chi connectivity index (χ0) is 14.1. The van der Waals surface area contributed by atoms with Crippen molar-refractivity contribution in [2.45, 2.75) is 10.1 Å². The number of furan rings is 1. The Balaban J connectivity index is 1.49. The average molecular weight is 315 g/mol. The third-order valence-electron chi connectivity index (χ3n) is 2.80. The summed E-state index contributed by atoms with van der Waals surface area (Å²) in [5.74, 6) is 2.23. The Bertz CT molecular complexity index is 834. The van der Waals surface area contributed by atoms with E-state index in [2.05, 4.69) is 21.2 Å². The molecule has 3 aromatic heterocycles. The fraction of sp³-hybridized carbons (Fsp3) is 0.0714. The molecule has 4 aromatic rings. The maximum absolute atomic E-state index is 5.23. The summed E-state index contributed by atoms with van der Waals surface area (Å²) in [5, 5.41) is 3.90. The maximum Gasteiger partial charge on any atom is 0.238 e. The molecule has 0 fully saturated rings. The van der Waals surface area contributed by atoms with Gasteiger partial charge in [-0.05, 0) is 24.3 Å². The van der Waals surface area contributed by atoms with Gasteiger partial charge in [-0.15, -0.1) is 11.3 Å². The Hall–Kier alpha value is -2.12. The number of aromatic nitrogens is 3. The molecule has 0 unspecified atom stereocenters. The van der Waals surface area contributed by atoms with E-state index in [1.54, 1.807) is 41.5 Å². The summed E-state index contributed by atoms with van der Waals surface area (Å²) in [5.41, 5.74) is 1.02. The molecule has 0 saturated heterocycles. The topological polar surface area (TPSA) is 65.0 Å². The quantitative estimate of drug-likeness (QED) is 0.525. The van der Waals surface area contributed by atoms with Crippen molar-refractivity contribution >= 4 is 33.3 Å². The van der Waals surface area contributed by atoms with E-state index in [1.807, 2.05) is 18.2 Å². The van der Waals surface area contributed by atoms with Crippen molar-refractivity contribution in [1.82, 2.24) is 15.1 Å². The van der Waals surface area contributed by atoms with Crippen LogP contribution in [0.2, 0.25) is 0 Å². The number of hydrogen-bond acceptors (Lipinski definition) is 7. The SMILES string of the molecule is c1coc(-c2noc(CSc3nc4ccccc4s3)n2)c1. The summed E-state index contributed by atoms with van der Waals surface area (Å²) < 4.78 is 12.6. The lowest BCUT2D eigenvalue weighted by Gasteiger charge is -1.89. The Morgan fingerprint density at radius 3 is 2.90 bits per heavy atom. The van der Waals surface area contributed by atoms with Gasteiger partial charge in [-0.2, -0.15) is 4.98 Å². The summed E-state index contributed by atoms with van der Waals surface area (Å²) in [6.45, 7) is 0. The second kappa shape index (κ2) is 5.34. The second-order valence-corrected chi connectivity index (χ2v) is 6.48. The molecule has 0 spiro atoms. The molecule has 0 aliphatic carbocycles. The second-order valence-electron chi connectivity index (χ2n) is 4.23. The number of nitrogens with zero attached hydrogens (tertiary/aromatic N) is 3. The summed E-state index contributed by atoms with van der Waals surface area (Å²) in [6, 6.07) is 11.7. The van der Waals surface area contributed by atoms with Gasteiger partial charge in [-0.25, -0.2) is 4.98 Å². The van der Waals surface area contributed by atoms with E-state index in [0.717, 1.165) is 9.86 Å². The fourth-order valence-electron chi connectivity index (χ4n) is 1.86. The smallest absolute Gasteiger partial charge is 0.238 e. The third-order valence-corrected chi connectivity index (χ3v) is 4.97. The molecule has 0 aliphatic heterocycles. The van der Waals surface area contributed by atoms with Crippen molar-refractivity contribution < 1.29 is 8.94 Å². The molecule has 104 valence electrons. The number of para-hydroxylation sites is 1. The van der Waals surface area contributed by atoms with Crippen LogP contribution in [-0.2, 0) is 5.75 Å². The monoisotopic (exact) mass is 315 g/mol. The number of benzene rings is 1. The van der Waals surface area contributed by atoms with Crippen molar-refractivity contribution in [2.24, 2.45) is 0 Å². The van der Waals surface area contributed by atoms with E-state index in [1.165, 1.54) is 4.70 Å².